The van der Waals surface area contributed by atoms with E-state index in [-0.39, 0.29) is 0 Å². The van der Waals surface area contributed by atoms with Gasteiger partial charge in [-0.25, -0.2) is 4.79 Å². The van der Waals surface area contributed by atoms with Crippen molar-refractivity contribution in [2.24, 2.45) is 5.92 Å². The van der Waals surface area contributed by atoms with Crippen LogP contribution in [0.3, 0.4) is 0 Å². The van der Waals surface area contributed by atoms with E-state index in [1.54, 1.807) is 0 Å². The number of hydrogen-bond acceptors (Lipinski definition) is 2. The molecule has 0 aliphatic carbocycles. The van der Waals surface area contributed by atoms with Crippen molar-refractivity contribution in [2.75, 3.05) is 25.0 Å². The van der Waals surface area contributed by atoms with E-state index in [4.69, 9.17) is 5.11 Å². The highest BCUT2D eigenvalue weighted by molar-refractivity contribution is 5.65. The third-order valence-corrected chi connectivity index (χ3v) is 4.57. The molecule has 0 radical (unpaired) electrons. The van der Waals surface area contributed by atoms with Crippen molar-refractivity contribution < 1.29 is 9.90 Å². The smallest absolute Gasteiger partial charge is 0.407 e. The lowest BCUT2D eigenvalue weighted by molar-refractivity contribution is 0.126. The van der Waals surface area contributed by atoms with Crippen LogP contribution in [0.2, 0.25) is 0 Å². The van der Waals surface area contributed by atoms with E-state index in [0.717, 1.165) is 31.5 Å². The molecule has 2 N–H and O–H groups in total. The number of rotatable bonds is 5. The molecule has 1 fully saturated rings. The molecule has 1 aromatic carbocycles. The van der Waals surface area contributed by atoms with Gasteiger partial charge in [0.2, 0.25) is 0 Å². The Hall–Kier alpha value is -1.71. The Labute approximate surface area is 127 Å². The Morgan fingerprint density at radius 1 is 1.33 bits per heavy atom. The number of nitrogens with zero attached hydrogens (tertiary/aromatic N) is 1. The molecule has 1 atom stereocenters. The lowest BCUT2D eigenvalue weighted by atomic mass is 9.96. The molecule has 1 heterocycles. The molecule has 4 nitrogen and oxygen atoms in total. The molecule has 1 unspecified atom stereocenters. The molecule has 4 heteroatoms. The number of nitrogens with one attached hydrogen (secondary N) is 1. The number of amides is 1. The lowest BCUT2D eigenvalue weighted by Gasteiger charge is -2.30. The summed E-state index contributed by atoms with van der Waals surface area (Å²) in [5.74, 6) is 1.18. The molecular formula is C17H26N2O2. The van der Waals surface area contributed by atoms with Crippen LogP contribution in [-0.4, -0.2) is 35.7 Å². The second-order valence-corrected chi connectivity index (χ2v) is 6.03. The van der Waals surface area contributed by atoms with Crippen LogP contribution in [0.15, 0.2) is 24.3 Å². The van der Waals surface area contributed by atoms with Crippen LogP contribution in [0.1, 0.15) is 44.6 Å². The van der Waals surface area contributed by atoms with Gasteiger partial charge < -0.3 is 15.3 Å². The maximum absolute atomic E-state index is 10.9. The minimum atomic E-state index is -0.790. The molecule has 1 aliphatic rings. The molecule has 0 spiro atoms. The Bertz CT molecular complexity index is 450. The summed E-state index contributed by atoms with van der Waals surface area (Å²) in [7, 11) is 0. The molecule has 0 bridgehead atoms. The van der Waals surface area contributed by atoms with Gasteiger partial charge in [0.05, 0.1) is 0 Å². The van der Waals surface area contributed by atoms with Crippen molar-refractivity contribution >= 4 is 11.8 Å². The Morgan fingerprint density at radius 3 is 2.48 bits per heavy atom. The monoisotopic (exact) mass is 290 g/mol. The Kier molecular flexibility index (Phi) is 5.48. The summed E-state index contributed by atoms with van der Waals surface area (Å²) in [4.78, 5) is 12.4. The Morgan fingerprint density at radius 2 is 1.95 bits per heavy atom. The molecule has 1 amide bonds. The highest BCUT2D eigenvalue weighted by Crippen LogP contribution is 2.22. The molecule has 21 heavy (non-hydrogen) atoms. The maximum Gasteiger partial charge on any atom is 0.407 e. The largest absolute Gasteiger partial charge is 0.465 e. The van der Waals surface area contributed by atoms with Gasteiger partial charge in [-0.2, -0.15) is 0 Å². The molecule has 1 saturated heterocycles. The van der Waals surface area contributed by atoms with Crippen LogP contribution in [0.4, 0.5) is 10.5 Å². The predicted molar refractivity (Wildman–Crippen MR) is 86.0 cm³/mol. The van der Waals surface area contributed by atoms with Crippen molar-refractivity contribution in [3.8, 4) is 0 Å². The zero-order valence-corrected chi connectivity index (χ0v) is 13.0. The molecule has 0 saturated carbocycles. The normalized spacial score (nSPS) is 17.5. The Balaban J connectivity index is 1.77. The summed E-state index contributed by atoms with van der Waals surface area (Å²) in [5.41, 5.74) is 2.54. The summed E-state index contributed by atoms with van der Waals surface area (Å²) in [5, 5.41) is 12.4. The first-order chi connectivity index (χ1) is 10.1. The van der Waals surface area contributed by atoms with Gasteiger partial charge in [0.25, 0.3) is 0 Å². The molecule has 2 rings (SSSR count). The fourth-order valence-corrected chi connectivity index (χ4v) is 2.76. The van der Waals surface area contributed by atoms with E-state index in [0.29, 0.717) is 24.9 Å². The predicted octanol–water partition coefficient (Wildman–Crippen LogP) is 4.00. The summed E-state index contributed by atoms with van der Waals surface area (Å²) < 4.78 is 0. The van der Waals surface area contributed by atoms with E-state index in [1.807, 2.05) is 0 Å². The van der Waals surface area contributed by atoms with Crippen molar-refractivity contribution in [2.45, 2.75) is 39.0 Å². The number of carboxylic acid groups (broad SMARTS) is 1. The van der Waals surface area contributed by atoms with Gasteiger partial charge in [-0.05, 0) is 48.8 Å². The van der Waals surface area contributed by atoms with Crippen LogP contribution in [0.5, 0.6) is 0 Å². The topological polar surface area (TPSA) is 52.6 Å². The number of benzene rings is 1. The second kappa shape index (κ2) is 7.34. The van der Waals surface area contributed by atoms with Crippen molar-refractivity contribution in [3.63, 3.8) is 0 Å². The lowest BCUT2D eigenvalue weighted by Crippen LogP contribution is -2.39. The number of likely N-dealkylation sites (tertiary alicyclic amines) is 1. The molecule has 1 aliphatic heterocycles. The van der Waals surface area contributed by atoms with Crippen LogP contribution in [-0.2, 0) is 0 Å². The van der Waals surface area contributed by atoms with Crippen LogP contribution < -0.4 is 5.32 Å². The summed E-state index contributed by atoms with van der Waals surface area (Å²) >= 11 is 0. The summed E-state index contributed by atoms with van der Waals surface area (Å²) in [6.45, 7) is 6.71. The van der Waals surface area contributed by atoms with Gasteiger partial charge in [0, 0.05) is 25.3 Å². The first-order valence-electron chi connectivity index (χ1n) is 7.91. The third-order valence-electron chi connectivity index (χ3n) is 4.57. The van der Waals surface area contributed by atoms with Crippen molar-refractivity contribution in [1.29, 1.82) is 0 Å². The highest BCUT2D eigenvalue weighted by Gasteiger charge is 2.21. The van der Waals surface area contributed by atoms with Crippen LogP contribution >= 0.6 is 0 Å². The second-order valence-electron chi connectivity index (χ2n) is 6.03. The standard InChI is InChI=1S/C17H26N2O2/c1-3-13(2)15-4-6-16(7-5-15)18-12-14-8-10-19(11-9-14)17(20)21/h4-7,13-14,18H,3,8-12H2,1-2H3,(H,20,21). The highest BCUT2D eigenvalue weighted by atomic mass is 16.4. The number of piperidine rings is 1. The van der Waals surface area contributed by atoms with Gasteiger partial charge in [-0.1, -0.05) is 26.0 Å². The van der Waals surface area contributed by atoms with E-state index in [2.05, 4.69) is 43.4 Å². The molecular weight excluding hydrogens is 264 g/mol. The van der Waals surface area contributed by atoms with Crippen molar-refractivity contribution in [1.82, 2.24) is 4.90 Å². The zero-order valence-electron chi connectivity index (χ0n) is 13.0. The molecule has 0 aromatic heterocycles. The van der Waals surface area contributed by atoms with Gasteiger partial charge in [-0.15, -0.1) is 0 Å². The van der Waals surface area contributed by atoms with Gasteiger partial charge >= 0.3 is 6.09 Å². The van der Waals surface area contributed by atoms with Crippen LogP contribution in [0, 0.1) is 5.92 Å². The van der Waals surface area contributed by atoms with Crippen LogP contribution in [0.25, 0.3) is 0 Å². The van der Waals surface area contributed by atoms with Gasteiger partial charge in [0.1, 0.15) is 0 Å². The fourth-order valence-electron chi connectivity index (χ4n) is 2.76. The molecule has 116 valence electrons. The van der Waals surface area contributed by atoms with Gasteiger partial charge in [0.15, 0.2) is 0 Å². The number of carbonyl (C=O) groups is 1. The quantitative estimate of drug-likeness (QED) is 0.861. The summed E-state index contributed by atoms with van der Waals surface area (Å²) in [6, 6.07) is 8.69. The van der Waals surface area contributed by atoms with Gasteiger partial charge in [-0.3, -0.25) is 0 Å². The fraction of sp³-hybridized carbons (Fsp3) is 0.588. The van der Waals surface area contributed by atoms with E-state index >= 15 is 0 Å². The maximum atomic E-state index is 10.9. The first-order valence-corrected chi connectivity index (χ1v) is 7.91. The minimum absolute atomic E-state index is 0.565. The minimum Gasteiger partial charge on any atom is -0.465 e. The van der Waals surface area contributed by atoms with E-state index < -0.39 is 6.09 Å². The zero-order chi connectivity index (χ0) is 15.2. The third kappa shape index (κ3) is 4.38. The molecule has 1 aromatic rings. The summed E-state index contributed by atoms with van der Waals surface area (Å²) in [6.07, 6.45) is 2.27. The number of anilines is 1. The van der Waals surface area contributed by atoms with E-state index in [9.17, 15) is 4.79 Å². The SMILES string of the molecule is CCC(C)c1ccc(NCC2CCN(C(=O)O)CC2)cc1. The van der Waals surface area contributed by atoms with Crippen molar-refractivity contribution in [3.05, 3.63) is 29.8 Å². The first kappa shape index (κ1) is 15.7. The average molecular weight is 290 g/mol. The van der Waals surface area contributed by atoms with E-state index in [1.165, 1.54) is 10.5 Å². The number of hydrogen-bond donors (Lipinski definition) is 2. The average Bonchev–Trinajstić information content (AvgIpc) is 2.53.